The fraction of sp³-hybridized carbons (Fsp3) is 0.613. The molecular weight excluding hydrogens is 597 g/mol. The molecule has 0 radical (unpaired) electrons. The van der Waals surface area contributed by atoms with Gasteiger partial charge in [0.25, 0.3) is 0 Å². The van der Waals surface area contributed by atoms with Gasteiger partial charge < -0.3 is 19.7 Å². The lowest BCUT2D eigenvalue weighted by atomic mass is 9.78. The molecule has 0 bridgehead atoms. The van der Waals surface area contributed by atoms with Crippen LogP contribution < -0.4 is 5.32 Å². The van der Waals surface area contributed by atoms with Gasteiger partial charge in [0.2, 0.25) is 15.9 Å². The van der Waals surface area contributed by atoms with Crippen LogP contribution in [0.4, 0.5) is 13.2 Å². The van der Waals surface area contributed by atoms with Gasteiger partial charge in [0.05, 0.1) is 29.4 Å². The number of hydrogen-bond acceptors (Lipinski definition) is 7. The minimum Gasteiger partial charge on any atom is -0.379 e. The minimum absolute atomic E-state index is 0.0180. The van der Waals surface area contributed by atoms with Gasteiger partial charge in [0.1, 0.15) is 0 Å². The molecule has 6 rings (SSSR count). The number of amides is 1. The molecule has 3 fully saturated rings. The Hall–Kier alpha value is -2.58. The molecule has 1 amide bonds. The number of carbonyl (C=O) groups excluding carboxylic acids is 1. The Bertz CT molecular complexity index is 1460. The molecule has 1 saturated carbocycles. The van der Waals surface area contributed by atoms with Crippen LogP contribution in [0, 0.1) is 11.3 Å². The van der Waals surface area contributed by atoms with Crippen LogP contribution in [0.3, 0.4) is 0 Å². The SMILES string of the molecule is CO[C@@H]1COCC[C@@H]1N[C@@H]1C[C@H]2CN(S(=O)(=O)CCc3ccccc3)C[C@@]2(C(=O)N2CCc3ncc(C(F)(F)F)cc3C2)C1. The van der Waals surface area contributed by atoms with E-state index in [4.69, 9.17) is 9.47 Å². The first-order valence-electron chi connectivity index (χ1n) is 15.2. The van der Waals surface area contributed by atoms with E-state index in [0.29, 0.717) is 56.7 Å². The van der Waals surface area contributed by atoms with Crippen molar-refractivity contribution < 1.29 is 35.9 Å². The van der Waals surface area contributed by atoms with E-state index in [1.807, 2.05) is 30.3 Å². The van der Waals surface area contributed by atoms with Gasteiger partial charge in [-0.1, -0.05) is 30.3 Å². The van der Waals surface area contributed by atoms with Crippen LogP contribution in [0.5, 0.6) is 0 Å². The Balaban J connectivity index is 1.24. The van der Waals surface area contributed by atoms with Crippen molar-refractivity contribution >= 4 is 15.9 Å². The largest absolute Gasteiger partial charge is 0.417 e. The molecule has 0 unspecified atom stereocenters. The lowest BCUT2D eigenvalue weighted by molar-refractivity contribution is -0.143. The van der Waals surface area contributed by atoms with Crippen molar-refractivity contribution in [1.29, 1.82) is 0 Å². The van der Waals surface area contributed by atoms with Crippen molar-refractivity contribution in [3.63, 3.8) is 0 Å². The third-order valence-corrected chi connectivity index (χ3v) is 11.7. The Kier molecular flexibility index (Phi) is 8.79. The Morgan fingerprint density at radius 3 is 2.80 bits per heavy atom. The maximum atomic E-state index is 14.5. The quantitative estimate of drug-likeness (QED) is 0.476. The highest BCUT2D eigenvalue weighted by Gasteiger charge is 2.60. The van der Waals surface area contributed by atoms with Gasteiger partial charge in [-0.15, -0.1) is 0 Å². The second-order valence-electron chi connectivity index (χ2n) is 12.5. The molecule has 5 atom stereocenters. The molecule has 2 aromatic rings. The number of rotatable bonds is 8. The molecule has 44 heavy (non-hydrogen) atoms. The fourth-order valence-corrected chi connectivity index (χ4v) is 9.11. The van der Waals surface area contributed by atoms with Gasteiger partial charge in [-0.2, -0.15) is 13.2 Å². The summed E-state index contributed by atoms with van der Waals surface area (Å²) in [5.74, 6) is -0.470. The molecule has 3 aliphatic heterocycles. The molecule has 1 N–H and O–H groups in total. The second-order valence-corrected chi connectivity index (χ2v) is 14.6. The molecular formula is C31H39F3N4O5S. The van der Waals surface area contributed by atoms with Crippen LogP contribution in [0.15, 0.2) is 42.6 Å². The number of sulfonamides is 1. The van der Waals surface area contributed by atoms with Crippen molar-refractivity contribution in [3.8, 4) is 0 Å². The summed E-state index contributed by atoms with van der Waals surface area (Å²) in [6, 6.07) is 10.5. The fourth-order valence-electron chi connectivity index (χ4n) is 7.52. The highest BCUT2D eigenvalue weighted by molar-refractivity contribution is 7.89. The van der Waals surface area contributed by atoms with E-state index >= 15 is 0 Å². The van der Waals surface area contributed by atoms with Crippen molar-refractivity contribution in [2.75, 3.05) is 45.7 Å². The third-order valence-electron chi connectivity index (χ3n) is 9.87. The number of nitrogens with one attached hydrogen (secondary N) is 1. The molecule has 13 heteroatoms. The number of halogens is 3. The Morgan fingerprint density at radius 1 is 1.25 bits per heavy atom. The van der Waals surface area contributed by atoms with E-state index in [2.05, 4.69) is 10.3 Å². The van der Waals surface area contributed by atoms with Gasteiger partial charge in [-0.05, 0) is 48.8 Å². The summed E-state index contributed by atoms with van der Waals surface area (Å²) in [6.45, 7) is 1.73. The number of methoxy groups -OCH3 is 1. The molecule has 4 heterocycles. The van der Waals surface area contributed by atoms with Crippen LogP contribution in [0.2, 0.25) is 0 Å². The van der Waals surface area contributed by atoms with Gasteiger partial charge in [0, 0.05) is 70.3 Å². The van der Waals surface area contributed by atoms with E-state index in [1.54, 1.807) is 12.0 Å². The molecule has 1 aliphatic carbocycles. The molecule has 1 aromatic heterocycles. The van der Waals surface area contributed by atoms with E-state index in [1.165, 1.54) is 4.31 Å². The van der Waals surface area contributed by atoms with E-state index in [0.717, 1.165) is 24.2 Å². The predicted octanol–water partition coefficient (Wildman–Crippen LogP) is 3.03. The van der Waals surface area contributed by atoms with Crippen LogP contribution >= 0.6 is 0 Å². The Morgan fingerprint density at radius 2 is 2.05 bits per heavy atom. The summed E-state index contributed by atoms with van der Waals surface area (Å²) in [5, 5.41) is 3.69. The number of aromatic nitrogens is 1. The number of benzene rings is 1. The maximum absolute atomic E-state index is 14.5. The highest BCUT2D eigenvalue weighted by atomic mass is 32.2. The number of fused-ring (bicyclic) bond motifs is 2. The third kappa shape index (κ3) is 6.26. The summed E-state index contributed by atoms with van der Waals surface area (Å²) >= 11 is 0. The number of nitrogens with zero attached hydrogens (tertiary/aromatic N) is 3. The summed E-state index contributed by atoms with van der Waals surface area (Å²) in [6.07, 6.45) is -1.28. The van der Waals surface area contributed by atoms with Crippen LogP contribution in [0.25, 0.3) is 0 Å². The molecule has 240 valence electrons. The van der Waals surface area contributed by atoms with Gasteiger partial charge in [-0.3, -0.25) is 9.78 Å². The maximum Gasteiger partial charge on any atom is 0.417 e. The first-order valence-corrected chi connectivity index (χ1v) is 16.8. The molecule has 9 nitrogen and oxygen atoms in total. The molecule has 2 saturated heterocycles. The zero-order chi connectivity index (χ0) is 31.1. The summed E-state index contributed by atoms with van der Waals surface area (Å²) < 4.78 is 80.2. The number of pyridine rings is 1. The number of ether oxygens (including phenoxy) is 2. The van der Waals surface area contributed by atoms with Crippen LogP contribution in [0.1, 0.15) is 41.6 Å². The first-order chi connectivity index (χ1) is 21.0. The standard InChI is InChI=1S/C31H39F3N4O5S/c1-42-28-19-43-11-8-27(28)36-25-14-24-18-38(44(40,41)12-9-21-5-3-2-4-6-21)20-30(24,15-25)29(39)37-10-7-26-22(17-37)13-23(16-35-26)31(32,33)34/h2-6,13,16,24-25,27-28,36H,7-12,14-15,17-20H2,1H3/t24-,25+,27-,28+,30-/m0/s1. The van der Waals surface area contributed by atoms with Crippen molar-refractivity contribution in [1.82, 2.24) is 19.5 Å². The second kappa shape index (κ2) is 12.3. The van der Waals surface area contributed by atoms with Crippen molar-refractivity contribution in [2.45, 2.75) is 63.0 Å². The van der Waals surface area contributed by atoms with Crippen LogP contribution in [-0.2, 0) is 49.9 Å². The van der Waals surface area contributed by atoms with Gasteiger partial charge in [0.15, 0.2) is 0 Å². The monoisotopic (exact) mass is 636 g/mol. The van der Waals surface area contributed by atoms with Crippen molar-refractivity contribution in [3.05, 3.63) is 65.0 Å². The van der Waals surface area contributed by atoms with E-state index < -0.39 is 27.2 Å². The summed E-state index contributed by atoms with van der Waals surface area (Å²) in [5.41, 5.74) is 0.0535. The van der Waals surface area contributed by atoms with Gasteiger partial charge in [-0.25, -0.2) is 12.7 Å². The van der Waals surface area contributed by atoms with Crippen LogP contribution in [-0.4, -0.2) is 92.4 Å². The lowest BCUT2D eigenvalue weighted by Crippen LogP contribution is -2.52. The number of carbonyl (C=O) groups is 1. The van der Waals surface area contributed by atoms with Gasteiger partial charge >= 0.3 is 6.18 Å². The smallest absolute Gasteiger partial charge is 0.379 e. The van der Waals surface area contributed by atoms with E-state index in [-0.39, 0.29) is 55.4 Å². The highest BCUT2D eigenvalue weighted by Crippen LogP contribution is 2.51. The van der Waals surface area contributed by atoms with Crippen molar-refractivity contribution in [2.24, 2.45) is 11.3 Å². The predicted molar refractivity (Wildman–Crippen MR) is 156 cm³/mol. The summed E-state index contributed by atoms with van der Waals surface area (Å²) in [7, 11) is -2.01. The molecule has 4 aliphatic rings. The summed E-state index contributed by atoms with van der Waals surface area (Å²) in [4.78, 5) is 20.2. The number of aryl methyl sites for hydroxylation is 1. The minimum atomic E-state index is -4.53. The number of alkyl halides is 3. The normalized spacial score (nSPS) is 29.4. The average molecular weight is 637 g/mol. The first kappa shape index (κ1) is 31.4. The zero-order valence-corrected chi connectivity index (χ0v) is 25.6. The zero-order valence-electron chi connectivity index (χ0n) is 24.8. The topological polar surface area (TPSA) is 101 Å². The van der Waals surface area contributed by atoms with E-state index in [9.17, 15) is 26.4 Å². The molecule has 0 spiro atoms. The lowest BCUT2D eigenvalue weighted by Gasteiger charge is -2.37. The molecule has 1 aromatic carbocycles. The average Bonchev–Trinajstić information content (AvgIpc) is 3.55. The Labute approximate surface area is 256 Å². The number of hydrogen-bond donors (Lipinski definition) is 1.